The van der Waals surface area contributed by atoms with Crippen molar-refractivity contribution in [3.8, 4) is 5.75 Å². The topological polar surface area (TPSA) is 61.8 Å². The summed E-state index contributed by atoms with van der Waals surface area (Å²) in [6, 6.07) is 6.07. The molecule has 0 unspecified atom stereocenters. The largest absolute Gasteiger partial charge is 0.435 e. The van der Waals surface area contributed by atoms with Gasteiger partial charge in [-0.25, -0.2) is 0 Å². The van der Waals surface area contributed by atoms with Crippen molar-refractivity contribution in [1.29, 1.82) is 0 Å². The zero-order valence-electron chi connectivity index (χ0n) is 13.0. The number of amides is 1. The summed E-state index contributed by atoms with van der Waals surface area (Å²) >= 11 is 0. The van der Waals surface area contributed by atoms with Crippen LogP contribution >= 0.6 is 0 Å². The average Bonchev–Trinajstić information content (AvgIpc) is 2.34. The van der Waals surface area contributed by atoms with Gasteiger partial charge >= 0.3 is 6.61 Å². The number of rotatable bonds is 8. The predicted molar refractivity (Wildman–Crippen MR) is 78.7 cm³/mol. The lowest BCUT2D eigenvalue weighted by Gasteiger charge is -2.24. The second kappa shape index (κ2) is 8.05. The van der Waals surface area contributed by atoms with Gasteiger partial charge in [0.25, 0.3) is 0 Å². The van der Waals surface area contributed by atoms with E-state index in [1.165, 1.54) is 12.1 Å². The van der Waals surface area contributed by atoms with Crippen molar-refractivity contribution >= 4 is 5.91 Å². The lowest BCUT2D eigenvalue weighted by molar-refractivity contribution is -0.122. The number of nitrogens with one attached hydrogen (secondary N) is 1. The van der Waals surface area contributed by atoms with Gasteiger partial charge in [-0.2, -0.15) is 8.78 Å². The Hall–Kier alpha value is -1.73. The van der Waals surface area contributed by atoms with E-state index in [9.17, 15) is 18.7 Å². The Morgan fingerprint density at radius 1 is 1.36 bits per heavy atom. The van der Waals surface area contributed by atoms with Gasteiger partial charge in [-0.3, -0.25) is 9.69 Å². The molecule has 0 saturated heterocycles. The van der Waals surface area contributed by atoms with Gasteiger partial charge in [-0.1, -0.05) is 12.1 Å². The Kier molecular flexibility index (Phi) is 6.70. The van der Waals surface area contributed by atoms with Crippen LogP contribution in [0.4, 0.5) is 8.78 Å². The second-order valence-corrected chi connectivity index (χ2v) is 5.78. The van der Waals surface area contributed by atoms with E-state index in [1.54, 1.807) is 37.9 Å². The van der Waals surface area contributed by atoms with Gasteiger partial charge in [0, 0.05) is 13.1 Å². The maximum atomic E-state index is 12.0. The van der Waals surface area contributed by atoms with Crippen molar-refractivity contribution in [3.63, 3.8) is 0 Å². The lowest BCUT2D eigenvalue weighted by Crippen LogP contribution is -2.41. The van der Waals surface area contributed by atoms with Crippen LogP contribution in [0.3, 0.4) is 0 Å². The molecule has 0 aromatic heterocycles. The van der Waals surface area contributed by atoms with Crippen molar-refractivity contribution in [1.82, 2.24) is 10.2 Å². The second-order valence-electron chi connectivity index (χ2n) is 5.78. The van der Waals surface area contributed by atoms with Crippen LogP contribution in [0.1, 0.15) is 19.4 Å². The molecule has 7 heteroatoms. The van der Waals surface area contributed by atoms with Crippen molar-refractivity contribution in [2.75, 3.05) is 20.1 Å². The summed E-state index contributed by atoms with van der Waals surface area (Å²) in [5, 5.41) is 12.4. The quantitative estimate of drug-likeness (QED) is 0.765. The first-order valence-corrected chi connectivity index (χ1v) is 6.87. The fourth-order valence-corrected chi connectivity index (χ4v) is 2.01. The van der Waals surface area contributed by atoms with Gasteiger partial charge in [0.1, 0.15) is 5.75 Å². The molecule has 0 heterocycles. The number of carbonyl (C=O) groups is 1. The number of likely N-dealkylation sites (N-methyl/N-ethyl adjacent to an activating group) is 1. The first kappa shape index (κ1) is 18.3. The SMILES string of the molecule is CN(CC(=O)NCc1ccc(OC(F)F)cc1)CC(C)(C)O. The van der Waals surface area contributed by atoms with Gasteiger partial charge in [0.05, 0.1) is 12.1 Å². The lowest BCUT2D eigenvalue weighted by atomic mass is 10.1. The highest BCUT2D eigenvalue weighted by Crippen LogP contribution is 2.14. The fraction of sp³-hybridized carbons (Fsp3) is 0.533. The van der Waals surface area contributed by atoms with Gasteiger partial charge < -0.3 is 15.2 Å². The summed E-state index contributed by atoms with van der Waals surface area (Å²) in [7, 11) is 1.74. The third-order valence-corrected chi connectivity index (χ3v) is 2.71. The maximum Gasteiger partial charge on any atom is 0.387 e. The number of ether oxygens (including phenoxy) is 1. The van der Waals surface area contributed by atoms with Crippen LogP contribution in [-0.4, -0.2) is 48.3 Å². The average molecular weight is 316 g/mol. The normalized spacial score (nSPS) is 11.8. The minimum absolute atomic E-state index is 0.0787. The molecule has 0 atom stereocenters. The van der Waals surface area contributed by atoms with Gasteiger partial charge in [0.15, 0.2) is 0 Å². The summed E-state index contributed by atoms with van der Waals surface area (Å²) in [5.41, 5.74) is -0.0876. The van der Waals surface area contributed by atoms with Crippen LogP contribution in [0, 0.1) is 0 Å². The van der Waals surface area contributed by atoms with Gasteiger partial charge in [0.2, 0.25) is 5.91 Å². The van der Waals surface area contributed by atoms with Crippen LogP contribution in [-0.2, 0) is 11.3 Å². The molecule has 0 aliphatic heterocycles. The molecular formula is C15H22F2N2O3. The zero-order chi connectivity index (χ0) is 16.8. The Bertz CT molecular complexity index is 473. The molecule has 0 fully saturated rings. The van der Waals surface area contributed by atoms with Crippen LogP contribution in [0.2, 0.25) is 0 Å². The predicted octanol–water partition coefficient (Wildman–Crippen LogP) is 1.61. The molecular weight excluding hydrogens is 294 g/mol. The Morgan fingerprint density at radius 3 is 2.45 bits per heavy atom. The van der Waals surface area contributed by atoms with Crippen LogP contribution in [0.15, 0.2) is 24.3 Å². The highest BCUT2D eigenvalue weighted by Gasteiger charge is 2.17. The van der Waals surface area contributed by atoms with Crippen molar-refractivity contribution < 1.29 is 23.4 Å². The van der Waals surface area contributed by atoms with Crippen LogP contribution in [0.25, 0.3) is 0 Å². The first-order valence-electron chi connectivity index (χ1n) is 6.87. The number of hydrogen-bond acceptors (Lipinski definition) is 4. The number of nitrogens with zero attached hydrogens (tertiary/aromatic N) is 1. The van der Waals surface area contributed by atoms with E-state index in [4.69, 9.17) is 0 Å². The summed E-state index contributed by atoms with van der Waals surface area (Å²) in [5.74, 6) is -0.102. The number of benzene rings is 1. The molecule has 0 spiro atoms. The molecule has 124 valence electrons. The molecule has 1 aromatic carbocycles. The third kappa shape index (κ3) is 7.90. The Labute approximate surface area is 128 Å². The van der Waals surface area contributed by atoms with Crippen molar-refractivity contribution in [3.05, 3.63) is 29.8 Å². The summed E-state index contributed by atoms with van der Waals surface area (Å²) in [6.07, 6.45) is 0. The van der Waals surface area contributed by atoms with E-state index in [-0.39, 0.29) is 18.2 Å². The highest BCUT2D eigenvalue weighted by atomic mass is 19.3. The van der Waals surface area contributed by atoms with Crippen LogP contribution < -0.4 is 10.1 Å². The minimum Gasteiger partial charge on any atom is -0.435 e. The molecule has 0 radical (unpaired) electrons. The molecule has 0 aliphatic carbocycles. The minimum atomic E-state index is -2.85. The number of alkyl halides is 2. The maximum absolute atomic E-state index is 12.0. The van der Waals surface area contributed by atoms with E-state index < -0.39 is 12.2 Å². The first-order chi connectivity index (χ1) is 10.2. The Morgan fingerprint density at radius 2 is 1.95 bits per heavy atom. The Balaban J connectivity index is 2.37. The standard InChI is InChI=1S/C15H22F2N2O3/c1-15(2,21)10-19(3)9-13(20)18-8-11-4-6-12(7-5-11)22-14(16)17/h4-7,14,21H,8-10H2,1-3H3,(H,18,20). The molecule has 1 amide bonds. The van der Waals surface area contributed by atoms with Crippen LogP contribution in [0.5, 0.6) is 5.75 Å². The van der Waals surface area contributed by atoms with Gasteiger partial charge in [-0.05, 0) is 38.6 Å². The third-order valence-electron chi connectivity index (χ3n) is 2.71. The highest BCUT2D eigenvalue weighted by molar-refractivity contribution is 5.77. The number of carbonyl (C=O) groups excluding carboxylic acids is 1. The van der Waals surface area contributed by atoms with E-state index in [0.717, 1.165) is 5.56 Å². The monoisotopic (exact) mass is 316 g/mol. The molecule has 1 rings (SSSR count). The molecule has 0 bridgehead atoms. The smallest absolute Gasteiger partial charge is 0.387 e. The zero-order valence-corrected chi connectivity index (χ0v) is 13.0. The molecule has 1 aromatic rings. The number of hydrogen-bond donors (Lipinski definition) is 2. The van der Waals surface area contributed by atoms with E-state index in [0.29, 0.717) is 13.1 Å². The molecule has 22 heavy (non-hydrogen) atoms. The molecule has 2 N–H and O–H groups in total. The van der Waals surface area contributed by atoms with Crippen molar-refractivity contribution in [2.24, 2.45) is 0 Å². The molecule has 5 nitrogen and oxygen atoms in total. The molecule has 0 saturated carbocycles. The van der Waals surface area contributed by atoms with E-state index in [2.05, 4.69) is 10.1 Å². The van der Waals surface area contributed by atoms with E-state index >= 15 is 0 Å². The van der Waals surface area contributed by atoms with E-state index in [1.807, 2.05) is 0 Å². The summed E-state index contributed by atoms with van der Waals surface area (Å²) < 4.78 is 28.3. The van der Waals surface area contributed by atoms with Gasteiger partial charge in [-0.15, -0.1) is 0 Å². The van der Waals surface area contributed by atoms with Crippen molar-refractivity contribution in [2.45, 2.75) is 32.6 Å². The summed E-state index contributed by atoms with van der Waals surface area (Å²) in [6.45, 7) is 1.33. The molecule has 0 aliphatic rings. The fourth-order valence-electron chi connectivity index (χ4n) is 2.01. The number of halogens is 2. The summed E-state index contributed by atoms with van der Waals surface area (Å²) in [4.78, 5) is 13.5. The number of aliphatic hydroxyl groups is 1.